The molecule has 23 heavy (non-hydrogen) atoms. The number of hydrogen-bond acceptors (Lipinski definition) is 3. The number of aliphatic carboxylic acids is 1. The highest BCUT2D eigenvalue weighted by Crippen LogP contribution is 2.15. The van der Waals surface area contributed by atoms with Crippen LogP contribution in [-0.2, 0) is 14.4 Å². The van der Waals surface area contributed by atoms with Gasteiger partial charge in [0.15, 0.2) is 0 Å². The number of imide groups is 1. The van der Waals surface area contributed by atoms with Gasteiger partial charge in [0.1, 0.15) is 0 Å². The Balaban J connectivity index is 1.86. The van der Waals surface area contributed by atoms with E-state index in [1.807, 2.05) is 0 Å². The van der Waals surface area contributed by atoms with Crippen molar-refractivity contribution < 1.29 is 19.5 Å². The number of carbonyl (C=O) groups excluding carboxylic acids is 2. The van der Waals surface area contributed by atoms with Crippen molar-refractivity contribution in [2.75, 3.05) is 6.54 Å². The molecule has 1 rings (SSSR count). The molecule has 1 aliphatic rings. The largest absolute Gasteiger partial charge is 0.481 e. The Labute approximate surface area is 138 Å². The Morgan fingerprint density at radius 3 is 1.83 bits per heavy atom. The number of carbonyl (C=O) groups is 3. The smallest absolute Gasteiger partial charge is 0.303 e. The number of nitrogens with zero attached hydrogens (tertiary/aromatic N) is 1. The number of carboxylic acid groups (broad SMARTS) is 1. The summed E-state index contributed by atoms with van der Waals surface area (Å²) in [6.07, 6.45) is 12.5. The zero-order valence-electron chi connectivity index (χ0n) is 14.2. The topological polar surface area (TPSA) is 74.7 Å². The molecular weight excluding hydrogens is 294 g/mol. The molecule has 0 saturated carbocycles. The van der Waals surface area contributed by atoms with E-state index in [0.717, 1.165) is 38.5 Å². The molecule has 1 aliphatic heterocycles. The first-order chi connectivity index (χ1) is 11.0. The summed E-state index contributed by atoms with van der Waals surface area (Å²) in [7, 11) is 0. The van der Waals surface area contributed by atoms with Gasteiger partial charge in [0.25, 0.3) is 11.8 Å². The van der Waals surface area contributed by atoms with Gasteiger partial charge in [0, 0.05) is 24.6 Å². The van der Waals surface area contributed by atoms with Crippen LogP contribution in [-0.4, -0.2) is 34.3 Å². The summed E-state index contributed by atoms with van der Waals surface area (Å²) in [5.74, 6) is -1.01. The number of hydrogen-bond donors (Lipinski definition) is 1. The Morgan fingerprint density at radius 1 is 0.913 bits per heavy atom. The molecule has 0 radical (unpaired) electrons. The lowest BCUT2D eigenvalue weighted by molar-refractivity contribution is -0.138. The van der Waals surface area contributed by atoms with E-state index in [0.29, 0.717) is 12.1 Å². The molecular formula is C18H29NO4. The molecule has 0 spiro atoms. The summed E-state index contributed by atoms with van der Waals surface area (Å²) < 4.78 is 0. The lowest BCUT2D eigenvalue weighted by Gasteiger charge is -2.13. The molecule has 5 nitrogen and oxygen atoms in total. The van der Waals surface area contributed by atoms with Gasteiger partial charge in [-0.15, -0.1) is 0 Å². The van der Waals surface area contributed by atoms with Crippen molar-refractivity contribution in [3.8, 4) is 0 Å². The van der Waals surface area contributed by atoms with Crippen LogP contribution in [0.15, 0.2) is 11.6 Å². The second kappa shape index (κ2) is 11.0. The van der Waals surface area contributed by atoms with E-state index >= 15 is 0 Å². The molecule has 0 atom stereocenters. The maximum atomic E-state index is 11.7. The first kappa shape index (κ1) is 19.4. The summed E-state index contributed by atoms with van der Waals surface area (Å²) >= 11 is 0. The van der Waals surface area contributed by atoms with Crippen molar-refractivity contribution in [1.82, 2.24) is 4.90 Å². The van der Waals surface area contributed by atoms with Gasteiger partial charge in [0.05, 0.1) is 0 Å². The quantitative estimate of drug-likeness (QED) is 0.414. The van der Waals surface area contributed by atoms with Crippen LogP contribution < -0.4 is 0 Å². The van der Waals surface area contributed by atoms with Crippen molar-refractivity contribution in [1.29, 1.82) is 0 Å². The van der Waals surface area contributed by atoms with E-state index < -0.39 is 5.97 Å². The molecule has 0 aromatic heterocycles. The monoisotopic (exact) mass is 323 g/mol. The predicted molar refractivity (Wildman–Crippen MR) is 88.9 cm³/mol. The average Bonchev–Trinajstić information content (AvgIpc) is 2.74. The first-order valence-electron chi connectivity index (χ1n) is 8.78. The van der Waals surface area contributed by atoms with Gasteiger partial charge >= 0.3 is 5.97 Å². The van der Waals surface area contributed by atoms with Gasteiger partial charge in [-0.05, 0) is 19.8 Å². The maximum Gasteiger partial charge on any atom is 0.303 e. The second-order valence-corrected chi connectivity index (χ2v) is 6.30. The van der Waals surface area contributed by atoms with Crippen molar-refractivity contribution >= 4 is 17.8 Å². The van der Waals surface area contributed by atoms with Gasteiger partial charge < -0.3 is 5.11 Å². The first-order valence-corrected chi connectivity index (χ1v) is 8.78. The van der Waals surface area contributed by atoms with Gasteiger partial charge in [-0.3, -0.25) is 19.3 Å². The van der Waals surface area contributed by atoms with Crippen LogP contribution >= 0.6 is 0 Å². The lowest BCUT2D eigenvalue weighted by Crippen LogP contribution is -2.31. The molecule has 5 heteroatoms. The Kier molecular flexibility index (Phi) is 9.25. The Bertz CT molecular complexity index is 442. The maximum absolute atomic E-state index is 11.7. The van der Waals surface area contributed by atoms with Gasteiger partial charge in [-0.25, -0.2) is 0 Å². The highest BCUT2D eigenvalue weighted by molar-refractivity contribution is 6.15. The minimum Gasteiger partial charge on any atom is -0.481 e. The SMILES string of the molecule is CC1=CC(=O)N(CCCCCCCCCCCCC(=O)O)C1=O. The number of unbranched alkanes of at least 4 members (excludes halogenated alkanes) is 9. The van der Waals surface area contributed by atoms with Crippen LogP contribution in [0.3, 0.4) is 0 Å². The molecule has 0 aromatic rings. The van der Waals surface area contributed by atoms with E-state index in [9.17, 15) is 14.4 Å². The van der Waals surface area contributed by atoms with Crippen LogP contribution in [0.5, 0.6) is 0 Å². The zero-order valence-corrected chi connectivity index (χ0v) is 14.2. The van der Waals surface area contributed by atoms with Crippen LogP contribution in [0, 0.1) is 0 Å². The van der Waals surface area contributed by atoms with E-state index in [-0.39, 0.29) is 18.2 Å². The molecule has 0 fully saturated rings. The van der Waals surface area contributed by atoms with E-state index in [2.05, 4.69) is 0 Å². The highest BCUT2D eigenvalue weighted by Gasteiger charge is 2.27. The molecule has 1 heterocycles. The third-order valence-electron chi connectivity index (χ3n) is 4.21. The highest BCUT2D eigenvalue weighted by atomic mass is 16.4. The van der Waals surface area contributed by atoms with Crippen LogP contribution in [0.1, 0.15) is 77.6 Å². The molecule has 2 amide bonds. The molecule has 0 aliphatic carbocycles. The van der Waals surface area contributed by atoms with E-state index in [4.69, 9.17) is 5.11 Å². The molecule has 0 aromatic carbocycles. The predicted octanol–water partition coefficient (Wildman–Crippen LogP) is 3.68. The second-order valence-electron chi connectivity index (χ2n) is 6.30. The lowest BCUT2D eigenvalue weighted by atomic mass is 10.1. The molecule has 130 valence electrons. The van der Waals surface area contributed by atoms with Crippen molar-refractivity contribution in [3.63, 3.8) is 0 Å². The van der Waals surface area contributed by atoms with Crippen molar-refractivity contribution in [2.45, 2.75) is 77.6 Å². The summed E-state index contributed by atoms with van der Waals surface area (Å²) in [5.41, 5.74) is 0.540. The average molecular weight is 323 g/mol. The summed E-state index contributed by atoms with van der Waals surface area (Å²) in [6, 6.07) is 0. The third kappa shape index (κ3) is 7.95. The normalized spacial score (nSPS) is 14.5. The van der Waals surface area contributed by atoms with Gasteiger partial charge in [0.2, 0.25) is 0 Å². The minimum atomic E-state index is -0.701. The molecule has 0 bridgehead atoms. The van der Waals surface area contributed by atoms with Gasteiger partial charge in [-0.2, -0.15) is 0 Å². The van der Waals surface area contributed by atoms with Crippen LogP contribution in [0.25, 0.3) is 0 Å². The number of amides is 2. The van der Waals surface area contributed by atoms with Crippen LogP contribution in [0.2, 0.25) is 0 Å². The standard InChI is InChI=1S/C18H29NO4/c1-15-14-16(20)19(18(15)23)13-11-9-7-5-3-2-4-6-8-10-12-17(21)22/h14H,2-13H2,1H3,(H,21,22). The van der Waals surface area contributed by atoms with Gasteiger partial charge in [-0.1, -0.05) is 51.4 Å². The third-order valence-corrected chi connectivity index (χ3v) is 4.21. The Hall–Kier alpha value is -1.65. The fourth-order valence-electron chi connectivity index (χ4n) is 2.81. The summed E-state index contributed by atoms with van der Waals surface area (Å²) in [5, 5.41) is 8.53. The fraction of sp³-hybridized carbons (Fsp3) is 0.722. The summed E-state index contributed by atoms with van der Waals surface area (Å²) in [6.45, 7) is 2.22. The number of carboxylic acids is 1. The minimum absolute atomic E-state index is 0.141. The van der Waals surface area contributed by atoms with Crippen molar-refractivity contribution in [3.05, 3.63) is 11.6 Å². The van der Waals surface area contributed by atoms with E-state index in [1.165, 1.54) is 36.7 Å². The zero-order chi connectivity index (χ0) is 17.1. The molecule has 1 N–H and O–H groups in total. The summed E-state index contributed by atoms with van der Waals surface area (Å²) in [4.78, 5) is 34.9. The Morgan fingerprint density at radius 2 is 1.39 bits per heavy atom. The van der Waals surface area contributed by atoms with Crippen molar-refractivity contribution in [2.24, 2.45) is 0 Å². The molecule has 0 saturated heterocycles. The molecule has 0 unspecified atom stereocenters. The number of rotatable bonds is 13. The van der Waals surface area contributed by atoms with Crippen LogP contribution in [0.4, 0.5) is 0 Å². The van der Waals surface area contributed by atoms with E-state index in [1.54, 1.807) is 6.92 Å². The fourth-order valence-corrected chi connectivity index (χ4v) is 2.81.